The lowest BCUT2D eigenvalue weighted by Gasteiger charge is -2.38. The topological polar surface area (TPSA) is 41.6 Å². The van der Waals surface area contributed by atoms with E-state index >= 15 is 0 Å². The van der Waals surface area contributed by atoms with E-state index in [0.29, 0.717) is 12.2 Å². The molecule has 31 heavy (non-hydrogen) atoms. The van der Waals surface area contributed by atoms with Crippen molar-refractivity contribution < 1.29 is 9.53 Å². The molecule has 1 aliphatic heterocycles. The van der Waals surface area contributed by atoms with E-state index in [1.165, 1.54) is 0 Å². The highest BCUT2D eigenvalue weighted by molar-refractivity contribution is 6.12. The normalized spacial score (nSPS) is 15.2. The van der Waals surface area contributed by atoms with Crippen LogP contribution in [0.3, 0.4) is 0 Å². The van der Waals surface area contributed by atoms with Gasteiger partial charge in [0.1, 0.15) is 18.5 Å². The van der Waals surface area contributed by atoms with Gasteiger partial charge in [-0.1, -0.05) is 78.9 Å². The molecule has 4 nitrogen and oxygen atoms in total. The first-order valence-corrected chi connectivity index (χ1v) is 10.3. The molecule has 0 saturated heterocycles. The number of hydrogen-bond acceptors (Lipinski definition) is 3. The van der Waals surface area contributed by atoms with Crippen LogP contribution in [0.2, 0.25) is 0 Å². The molecular formula is C27H22N2O2. The molecule has 1 N–H and O–H groups in total. The van der Waals surface area contributed by atoms with Crippen LogP contribution in [-0.4, -0.2) is 5.91 Å². The van der Waals surface area contributed by atoms with Crippen molar-refractivity contribution in [2.75, 3.05) is 10.2 Å². The zero-order valence-electron chi connectivity index (χ0n) is 16.9. The van der Waals surface area contributed by atoms with Crippen LogP contribution in [0, 0.1) is 0 Å². The summed E-state index contributed by atoms with van der Waals surface area (Å²) in [5.74, 6) is 0.709. The van der Waals surface area contributed by atoms with Gasteiger partial charge in [0.25, 0.3) is 5.91 Å². The second kappa shape index (κ2) is 8.36. The van der Waals surface area contributed by atoms with E-state index in [-0.39, 0.29) is 5.91 Å². The average molecular weight is 406 g/mol. The van der Waals surface area contributed by atoms with Crippen LogP contribution in [0.25, 0.3) is 0 Å². The predicted octanol–water partition coefficient (Wildman–Crippen LogP) is 6.04. The zero-order valence-corrected chi connectivity index (χ0v) is 16.9. The summed E-state index contributed by atoms with van der Waals surface area (Å²) in [5.41, 5.74) is 4.31. The molecule has 0 aliphatic carbocycles. The van der Waals surface area contributed by atoms with Crippen molar-refractivity contribution in [3.63, 3.8) is 0 Å². The van der Waals surface area contributed by atoms with E-state index in [1.807, 2.05) is 109 Å². The Balaban J connectivity index is 1.55. The maximum Gasteiger partial charge on any atom is 0.262 e. The fourth-order valence-corrected chi connectivity index (χ4v) is 3.90. The molecule has 0 aromatic heterocycles. The predicted molar refractivity (Wildman–Crippen MR) is 123 cm³/mol. The standard InChI is InChI=1S/C27H22N2O2/c30-27-22-15-7-9-17-24(22)28-26(29(27)21-13-5-2-6-14-21)23-16-8-10-18-25(23)31-19-20-11-3-1-4-12-20/h1-18,26,28H,19H2. The van der Waals surface area contributed by atoms with E-state index in [9.17, 15) is 4.79 Å². The molecule has 152 valence electrons. The van der Waals surface area contributed by atoms with Gasteiger partial charge in [0.2, 0.25) is 0 Å². The van der Waals surface area contributed by atoms with Crippen LogP contribution in [0.15, 0.2) is 109 Å². The summed E-state index contributed by atoms with van der Waals surface area (Å²) in [6.45, 7) is 0.459. The molecule has 4 heteroatoms. The quantitative estimate of drug-likeness (QED) is 0.439. The third kappa shape index (κ3) is 3.76. The third-order valence-corrected chi connectivity index (χ3v) is 5.41. The Labute approximate surface area is 181 Å². The van der Waals surface area contributed by atoms with E-state index in [1.54, 1.807) is 4.90 Å². The Morgan fingerprint density at radius 1 is 0.742 bits per heavy atom. The molecule has 4 aromatic rings. The number of carbonyl (C=O) groups is 1. The third-order valence-electron chi connectivity index (χ3n) is 5.41. The van der Waals surface area contributed by atoms with Crippen molar-refractivity contribution in [3.05, 3.63) is 126 Å². The Kier molecular flexibility index (Phi) is 5.11. The summed E-state index contributed by atoms with van der Waals surface area (Å²) >= 11 is 0. The summed E-state index contributed by atoms with van der Waals surface area (Å²) in [6, 6.07) is 35.3. The molecule has 0 radical (unpaired) electrons. The fourth-order valence-electron chi connectivity index (χ4n) is 3.90. The number of anilines is 2. The molecule has 4 aromatic carbocycles. The van der Waals surface area contributed by atoms with Gasteiger partial charge in [-0.2, -0.15) is 0 Å². The van der Waals surface area contributed by atoms with Crippen molar-refractivity contribution in [1.82, 2.24) is 0 Å². The van der Waals surface area contributed by atoms with Crippen molar-refractivity contribution in [2.45, 2.75) is 12.8 Å². The first-order chi connectivity index (χ1) is 15.3. The van der Waals surface area contributed by atoms with E-state index in [2.05, 4.69) is 5.32 Å². The van der Waals surface area contributed by atoms with Crippen molar-refractivity contribution in [2.24, 2.45) is 0 Å². The number of para-hydroxylation sites is 3. The average Bonchev–Trinajstić information content (AvgIpc) is 2.84. The minimum Gasteiger partial charge on any atom is -0.488 e. The number of hydrogen-bond donors (Lipinski definition) is 1. The molecule has 0 fully saturated rings. The Morgan fingerprint density at radius 3 is 2.19 bits per heavy atom. The minimum absolute atomic E-state index is 0.0385. The van der Waals surface area contributed by atoms with Crippen LogP contribution in [0.5, 0.6) is 5.75 Å². The molecule has 1 amide bonds. The highest BCUT2D eigenvalue weighted by Crippen LogP contribution is 2.39. The van der Waals surface area contributed by atoms with Gasteiger partial charge >= 0.3 is 0 Å². The highest BCUT2D eigenvalue weighted by atomic mass is 16.5. The largest absolute Gasteiger partial charge is 0.488 e. The molecule has 1 heterocycles. The number of benzene rings is 4. The summed E-state index contributed by atoms with van der Waals surface area (Å²) < 4.78 is 6.21. The van der Waals surface area contributed by atoms with Crippen molar-refractivity contribution in [1.29, 1.82) is 0 Å². The highest BCUT2D eigenvalue weighted by Gasteiger charge is 2.35. The maximum atomic E-state index is 13.5. The van der Waals surface area contributed by atoms with Crippen LogP contribution in [0.1, 0.15) is 27.7 Å². The zero-order chi connectivity index (χ0) is 21.0. The molecule has 0 bridgehead atoms. The number of ether oxygens (including phenoxy) is 1. The van der Waals surface area contributed by atoms with Crippen LogP contribution >= 0.6 is 0 Å². The summed E-state index contributed by atoms with van der Waals surface area (Å²) in [6.07, 6.45) is -0.392. The smallest absolute Gasteiger partial charge is 0.262 e. The van der Waals surface area contributed by atoms with Gasteiger partial charge in [-0.05, 0) is 35.9 Å². The second-order valence-electron chi connectivity index (χ2n) is 7.42. The molecule has 1 unspecified atom stereocenters. The van der Waals surface area contributed by atoms with Gasteiger partial charge < -0.3 is 10.1 Å². The first-order valence-electron chi connectivity index (χ1n) is 10.3. The van der Waals surface area contributed by atoms with Crippen LogP contribution in [0.4, 0.5) is 11.4 Å². The monoisotopic (exact) mass is 406 g/mol. The molecule has 0 saturated carbocycles. The lowest BCUT2D eigenvalue weighted by atomic mass is 10.0. The van der Waals surface area contributed by atoms with Gasteiger partial charge in [0.15, 0.2) is 0 Å². The van der Waals surface area contributed by atoms with Gasteiger partial charge in [-0.3, -0.25) is 9.69 Å². The number of nitrogens with zero attached hydrogens (tertiary/aromatic N) is 1. The van der Waals surface area contributed by atoms with E-state index in [4.69, 9.17) is 4.74 Å². The second-order valence-corrected chi connectivity index (χ2v) is 7.42. The molecular weight excluding hydrogens is 384 g/mol. The summed E-state index contributed by atoms with van der Waals surface area (Å²) in [4.78, 5) is 15.3. The van der Waals surface area contributed by atoms with Gasteiger partial charge in [-0.25, -0.2) is 0 Å². The van der Waals surface area contributed by atoms with Crippen molar-refractivity contribution in [3.8, 4) is 5.75 Å². The van der Waals surface area contributed by atoms with E-state index in [0.717, 1.165) is 28.3 Å². The van der Waals surface area contributed by atoms with Gasteiger partial charge in [-0.15, -0.1) is 0 Å². The Hall–Kier alpha value is -4.05. The van der Waals surface area contributed by atoms with Crippen molar-refractivity contribution >= 4 is 17.3 Å². The number of amides is 1. The lowest BCUT2D eigenvalue weighted by Crippen LogP contribution is -2.43. The fraction of sp³-hybridized carbons (Fsp3) is 0.0741. The molecule has 1 aliphatic rings. The van der Waals surface area contributed by atoms with Gasteiger partial charge in [0, 0.05) is 16.9 Å². The maximum absolute atomic E-state index is 13.5. The summed E-state index contributed by atoms with van der Waals surface area (Å²) in [7, 11) is 0. The Bertz CT molecular complexity index is 1190. The lowest BCUT2D eigenvalue weighted by molar-refractivity contribution is 0.0974. The summed E-state index contributed by atoms with van der Waals surface area (Å²) in [5, 5.41) is 3.56. The van der Waals surface area contributed by atoms with Gasteiger partial charge in [0.05, 0.1) is 5.56 Å². The Morgan fingerprint density at radius 2 is 1.39 bits per heavy atom. The van der Waals surface area contributed by atoms with Crippen LogP contribution in [-0.2, 0) is 6.61 Å². The SMILES string of the molecule is O=C1c2ccccc2NC(c2ccccc2OCc2ccccc2)N1c1ccccc1. The van der Waals surface area contributed by atoms with E-state index < -0.39 is 6.17 Å². The first kappa shape index (κ1) is 18.9. The number of fused-ring (bicyclic) bond motifs is 1. The minimum atomic E-state index is -0.392. The van der Waals surface area contributed by atoms with Crippen LogP contribution < -0.4 is 15.0 Å². The number of nitrogens with one attached hydrogen (secondary N) is 1. The number of carbonyl (C=O) groups excluding carboxylic acids is 1. The molecule has 5 rings (SSSR count). The molecule has 1 atom stereocenters. The molecule has 0 spiro atoms. The number of rotatable bonds is 5.